The second kappa shape index (κ2) is 7.77. The first kappa shape index (κ1) is 12.1. The van der Waals surface area contributed by atoms with Gasteiger partial charge in [0.05, 0.1) is 6.61 Å². The van der Waals surface area contributed by atoms with Gasteiger partial charge in [-0.05, 0) is 12.5 Å². The zero-order valence-corrected chi connectivity index (χ0v) is 8.45. The predicted octanol–water partition coefficient (Wildman–Crippen LogP) is 2.34. The van der Waals surface area contributed by atoms with Gasteiger partial charge in [0.15, 0.2) is 0 Å². The minimum atomic E-state index is -0.0459. The van der Waals surface area contributed by atoms with Crippen LogP contribution in [0, 0.1) is 0 Å². The summed E-state index contributed by atoms with van der Waals surface area (Å²) in [6.45, 7) is 10.5. The molecule has 0 N–H and O–H groups in total. The van der Waals surface area contributed by atoms with E-state index in [1.807, 2.05) is 13.0 Å². The largest absolute Gasteiger partial charge is 0.379 e. The third-order valence-corrected chi connectivity index (χ3v) is 1.68. The molecule has 0 aromatic rings. The summed E-state index contributed by atoms with van der Waals surface area (Å²) in [4.78, 5) is 0. The molecule has 0 fully saturated rings. The van der Waals surface area contributed by atoms with Crippen LogP contribution in [0.1, 0.15) is 6.92 Å². The predicted molar refractivity (Wildman–Crippen MR) is 55.8 cm³/mol. The zero-order chi connectivity index (χ0) is 10.1. The van der Waals surface area contributed by atoms with E-state index in [0.717, 1.165) is 5.57 Å². The lowest BCUT2D eigenvalue weighted by Crippen LogP contribution is -2.19. The van der Waals surface area contributed by atoms with E-state index in [2.05, 4.69) is 13.2 Å². The number of hydrogen-bond acceptors (Lipinski definition) is 2. The van der Waals surface area contributed by atoms with Crippen LogP contribution in [0.4, 0.5) is 0 Å². The molecule has 74 valence electrons. The van der Waals surface area contributed by atoms with Crippen molar-refractivity contribution in [1.29, 1.82) is 0 Å². The lowest BCUT2D eigenvalue weighted by Gasteiger charge is -2.15. The van der Waals surface area contributed by atoms with Gasteiger partial charge in [-0.25, -0.2) is 0 Å². The SMILES string of the molecule is C=C/C=C(\C=C)C(COCC)OC. The third-order valence-electron chi connectivity index (χ3n) is 1.68. The van der Waals surface area contributed by atoms with E-state index in [4.69, 9.17) is 9.47 Å². The summed E-state index contributed by atoms with van der Waals surface area (Å²) in [6.07, 6.45) is 5.31. The second-order valence-electron chi connectivity index (χ2n) is 2.49. The fraction of sp³-hybridized carbons (Fsp3) is 0.455. The van der Waals surface area contributed by atoms with Crippen LogP contribution in [-0.4, -0.2) is 26.4 Å². The Labute approximate surface area is 80.5 Å². The molecule has 13 heavy (non-hydrogen) atoms. The Hall–Kier alpha value is -0.860. The molecule has 0 aliphatic heterocycles. The summed E-state index contributed by atoms with van der Waals surface area (Å²) in [5.74, 6) is 0. The van der Waals surface area contributed by atoms with Crippen LogP contribution in [0.15, 0.2) is 37.0 Å². The van der Waals surface area contributed by atoms with Crippen molar-refractivity contribution in [2.24, 2.45) is 0 Å². The van der Waals surface area contributed by atoms with Crippen LogP contribution in [-0.2, 0) is 9.47 Å². The molecule has 0 aliphatic carbocycles. The zero-order valence-electron chi connectivity index (χ0n) is 8.45. The molecule has 0 saturated heterocycles. The quantitative estimate of drug-likeness (QED) is 0.563. The molecule has 0 spiro atoms. The summed E-state index contributed by atoms with van der Waals surface area (Å²) >= 11 is 0. The van der Waals surface area contributed by atoms with Crippen molar-refractivity contribution in [3.05, 3.63) is 37.0 Å². The first-order valence-corrected chi connectivity index (χ1v) is 4.35. The maximum absolute atomic E-state index is 5.27. The number of ether oxygens (including phenoxy) is 2. The number of hydrogen-bond donors (Lipinski definition) is 0. The summed E-state index contributed by atoms with van der Waals surface area (Å²) in [7, 11) is 1.66. The van der Waals surface area contributed by atoms with Crippen LogP contribution in [0.3, 0.4) is 0 Å². The number of rotatable bonds is 7. The minimum absolute atomic E-state index is 0.0459. The van der Waals surface area contributed by atoms with Gasteiger partial charge in [0, 0.05) is 13.7 Å². The van der Waals surface area contributed by atoms with Gasteiger partial charge >= 0.3 is 0 Å². The van der Waals surface area contributed by atoms with Gasteiger partial charge in [-0.15, -0.1) is 0 Å². The summed E-state index contributed by atoms with van der Waals surface area (Å²) in [6, 6.07) is 0. The molecule has 0 bridgehead atoms. The van der Waals surface area contributed by atoms with Crippen molar-refractivity contribution in [3.8, 4) is 0 Å². The van der Waals surface area contributed by atoms with E-state index in [9.17, 15) is 0 Å². The van der Waals surface area contributed by atoms with Crippen molar-refractivity contribution < 1.29 is 9.47 Å². The van der Waals surface area contributed by atoms with E-state index in [0.29, 0.717) is 13.2 Å². The van der Waals surface area contributed by atoms with Crippen LogP contribution >= 0.6 is 0 Å². The van der Waals surface area contributed by atoms with Crippen LogP contribution in [0.5, 0.6) is 0 Å². The molecule has 0 aromatic heterocycles. The Bertz CT molecular complexity index is 183. The molecule has 0 heterocycles. The van der Waals surface area contributed by atoms with Crippen LogP contribution in [0.25, 0.3) is 0 Å². The Morgan fingerprint density at radius 1 is 1.46 bits per heavy atom. The van der Waals surface area contributed by atoms with Gasteiger partial charge in [-0.2, -0.15) is 0 Å². The van der Waals surface area contributed by atoms with Gasteiger partial charge in [0.25, 0.3) is 0 Å². The Morgan fingerprint density at radius 3 is 2.54 bits per heavy atom. The van der Waals surface area contributed by atoms with Crippen LogP contribution < -0.4 is 0 Å². The smallest absolute Gasteiger partial charge is 0.105 e. The average molecular weight is 182 g/mol. The topological polar surface area (TPSA) is 18.5 Å². The first-order chi connectivity index (χ1) is 6.29. The summed E-state index contributed by atoms with van der Waals surface area (Å²) in [5, 5.41) is 0. The highest BCUT2D eigenvalue weighted by atomic mass is 16.5. The summed E-state index contributed by atoms with van der Waals surface area (Å²) in [5.41, 5.74) is 0.992. The van der Waals surface area contributed by atoms with Gasteiger partial charge < -0.3 is 9.47 Å². The molecule has 2 nitrogen and oxygen atoms in total. The highest BCUT2D eigenvalue weighted by Crippen LogP contribution is 2.08. The highest BCUT2D eigenvalue weighted by Gasteiger charge is 2.09. The van der Waals surface area contributed by atoms with Crippen molar-refractivity contribution in [2.45, 2.75) is 13.0 Å². The summed E-state index contributed by atoms with van der Waals surface area (Å²) < 4.78 is 10.5. The molecular formula is C11H18O2. The molecule has 1 atom stereocenters. The van der Waals surface area contributed by atoms with Crippen LogP contribution in [0.2, 0.25) is 0 Å². The molecule has 0 saturated carbocycles. The van der Waals surface area contributed by atoms with Crippen molar-refractivity contribution in [3.63, 3.8) is 0 Å². The maximum atomic E-state index is 5.27. The fourth-order valence-electron chi connectivity index (χ4n) is 0.968. The molecule has 0 amide bonds. The lowest BCUT2D eigenvalue weighted by molar-refractivity contribution is 0.0341. The second-order valence-corrected chi connectivity index (χ2v) is 2.49. The third kappa shape index (κ3) is 4.65. The Kier molecular flexibility index (Phi) is 7.26. The average Bonchev–Trinajstić information content (AvgIpc) is 2.17. The molecule has 0 rings (SSSR count). The number of allylic oxidation sites excluding steroid dienone is 2. The Morgan fingerprint density at radius 2 is 2.15 bits per heavy atom. The maximum Gasteiger partial charge on any atom is 0.105 e. The lowest BCUT2D eigenvalue weighted by atomic mass is 10.1. The minimum Gasteiger partial charge on any atom is -0.379 e. The first-order valence-electron chi connectivity index (χ1n) is 4.35. The number of methoxy groups -OCH3 is 1. The van der Waals surface area contributed by atoms with E-state index in [-0.39, 0.29) is 6.10 Å². The van der Waals surface area contributed by atoms with E-state index < -0.39 is 0 Å². The monoisotopic (exact) mass is 182 g/mol. The highest BCUT2D eigenvalue weighted by molar-refractivity contribution is 5.25. The van der Waals surface area contributed by atoms with E-state index in [1.165, 1.54) is 0 Å². The molecular weight excluding hydrogens is 164 g/mol. The standard InChI is InChI=1S/C11H18O2/c1-5-8-10(6-2)11(12-4)9-13-7-3/h5-6,8,11H,1-2,7,9H2,3-4H3/b10-8+. The van der Waals surface area contributed by atoms with Crippen molar-refractivity contribution >= 4 is 0 Å². The molecule has 0 aromatic carbocycles. The van der Waals surface area contributed by atoms with Crippen molar-refractivity contribution in [1.82, 2.24) is 0 Å². The fourth-order valence-corrected chi connectivity index (χ4v) is 0.968. The van der Waals surface area contributed by atoms with Gasteiger partial charge in [-0.1, -0.05) is 31.4 Å². The van der Waals surface area contributed by atoms with E-state index >= 15 is 0 Å². The van der Waals surface area contributed by atoms with Crippen molar-refractivity contribution in [2.75, 3.05) is 20.3 Å². The van der Waals surface area contributed by atoms with Gasteiger partial charge in [-0.3, -0.25) is 0 Å². The van der Waals surface area contributed by atoms with Gasteiger partial charge in [0.2, 0.25) is 0 Å². The Balaban J connectivity index is 4.24. The van der Waals surface area contributed by atoms with Gasteiger partial charge in [0.1, 0.15) is 6.10 Å². The molecule has 2 heteroatoms. The normalized spacial score (nSPS) is 13.8. The molecule has 0 aliphatic rings. The van der Waals surface area contributed by atoms with E-state index in [1.54, 1.807) is 19.3 Å². The molecule has 0 radical (unpaired) electrons. The molecule has 1 unspecified atom stereocenters.